The smallest absolute Gasteiger partial charge is 0.306 e. The standard InChI is InChI=1S/C10H10ClF3N2O/c1-5-3-6(2)8(7(11)4-5)15-9(17)16-10(12,13)14/h3-4H,1-2H3,(H2,15,16,17). The van der Waals surface area contributed by atoms with Gasteiger partial charge < -0.3 is 5.32 Å². The Hall–Kier alpha value is -1.43. The Kier molecular flexibility index (Phi) is 3.87. The quantitative estimate of drug-likeness (QED) is 0.749. The molecule has 2 N–H and O–H groups in total. The lowest BCUT2D eigenvalue weighted by Crippen LogP contribution is -2.40. The van der Waals surface area contributed by atoms with Gasteiger partial charge in [-0.15, -0.1) is 0 Å². The number of urea groups is 1. The summed E-state index contributed by atoms with van der Waals surface area (Å²) in [5.41, 5.74) is 1.61. The van der Waals surface area contributed by atoms with E-state index >= 15 is 0 Å². The fourth-order valence-electron chi connectivity index (χ4n) is 1.35. The minimum absolute atomic E-state index is 0.166. The SMILES string of the molecule is Cc1cc(C)c(NC(=O)NC(F)(F)F)c(Cl)c1. The molecule has 2 amide bonds. The van der Waals surface area contributed by atoms with E-state index < -0.39 is 12.3 Å². The minimum Gasteiger partial charge on any atom is -0.306 e. The van der Waals surface area contributed by atoms with E-state index in [1.807, 2.05) is 0 Å². The van der Waals surface area contributed by atoms with Gasteiger partial charge in [0.2, 0.25) is 0 Å². The van der Waals surface area contributed by atoms with Crippen molar-refractivity contribution in [1.82, 2.24) is 5.32 Å². The molecular weight excluding hydrogens is 257 g/mol. The Bertz CT molecular complexity index is 423. The third-order valence-electron chi connectivity index (χ3n) is 1.93. The number of rotatable bonds is 1. The van der Waals surface area contributed by atoms with Crippen LogP contribution in [0.25, 0.3) is 0 Å². The molecule has 0 unspecified atom stereocenters. The first-order valence-corrected chi connectivity index (χ1v) is 4.99. The molecule has 0 aliphatic rings. The van der Waals surface area contributed by atoms with Gasteiger partial charge >= 0.3 is 12.3 Å². The first-order chi connectivity index (χ1) is 7.69. The first-order valence-electron chi connectivity index (χ1n) is 4.61. The predicted molar refractivity (Wildman–Crippen MR) is 59.1 cm³/mol. The molecule has 0 spiro atoms. The lowest BCUT2D eigenvalue weighted by Gasteiger charge is -2.13. The topological polar surface area (TPSA) is 41.1 Å². The molecule has 1 aromatic carbocycles. The van der Waals surface area contributed by atoms with Gasteiger partial charge in [-0.3, -0.25) is 0 Å². The molecule has 1 rings (SSSR count). The first kappa shape index (κ1) is 13.6. The summed E-state index contributed by atoms with van der Waals surface area (Å²) in [6.07, 6.45) is -4.77. The number of aryl methyl sites for hydroxylation is 2. The number of alkyl halides is 3. The molecular formula is C10H10ClF3N2O. The zero-order valence-electron chi connectivity index (χ0n) is 9.07. The van der Waals surface area contributed by atoms with Gasteiger partial charge in [0.05, 0.1) is 10.7 Å². The number of anilines is 1. The monoisotopic (exact) mass is 266 g/mol. The van der Waals surface area contributed by atoms with Gasteiger partial charge in [-0.1, -0.05) is 17.7 Å². The third kappa shape index (κ3) is 4.14. The Morgan fingerprint density at radius 1 is 1.29 bits per heavy atom. The molecule has 7 heteroatoms. The highest BCUT2D eigenvalue weighted by atomic mass is 35.5. The summed E-state index contributed by atoms with van der Waals surface area (Å²) in [4.78, 5) is 11.0. The zero-order valence-corrected chi connectivity index (χ0v) is 9.83. The van der Waals surface area contributed by atoms with Gasteiger partial charge in [-0.25, -0.2) is 10.1 Å². The predicted octanol–water partition coefficient (Wildman–Crippen LogP) is 3.60. The summed E-state index contributed by atoms with van der Waals surface area (Å²) in [5.74, 6) is 0. The maximum atomic E-state index is 11.9. The normalized spacial score (nSPS) is 11.2. The Morgan fingerprint density at radius 3 is 2.35 bits per heavy atom. The summed E-state index contributed by atoms with van der Waals surface area (Å²) in [7, 11) is 0. The van der Waals surface area contributed by atoms with Crippen LogP contribution in [0.3, 0.4) is 0 Å². The second-order valence-electron chi connectivity index (χ2n) is 3.52. The van der Waals surface area contributed by atoms with Crippen LogP contribution in [-0.4, -0.2) is 12.3 Å². The number of amides is 2. The minimum atomic E-state index is -4.77. The summed E-state index contributed by atoms with van der Waals surface area (Å²) >= 11 is 5.83. The van der Waals surface area contributed by atoms with E-state index in [4.69, 9.17) is 11.6 Å². The van der Waals surface area contributed by atoms with E-state index in [9.17, 15) is 18.0 Å². The maximum absolute atomic E-state index is 11.9. The molecule has 94 valence electrons. The van der Waals surface area contributed by atoms with Crippen molar-refractivity contribution in [2.24, 2.45) is 0 Å². The molecule has 0 aliphatic heterocycles. The van der Waals surface area contributed by atoms with Crippen LogP contribution < -0.4 is 10.6 Å². The van der Waals surface area contributed by atoms with E-state index in [-0.39, 0.29) is 10.7 Å². The molecule has 0 saturated carbocycles. The Morgan fingerprint density at radius 2 is 1.88 bits per heavy atom. The average Bonchev–Trinajstić information content (AvgIpc) is 2.08. The van der Waals surface area contributed by atoms with E-state index in [1.165, 1.54) is 0 Å². The molecule has 0 bridgehead atoms. The zero-order chi connectivity index (χ0) is 13.2. The number of benzene rings is 1. The summed E-state index contributed by atoms with van der Waals surface area (Å²) in [6, 6.07) is 1.89. The average molecular weight is 267 g/mol. The molecule has 0 radical (unpaired) electrons. The molecule has 17 heavy (non-hydrogen) atoms. The van der Waals surface area contributed by atoms with Crippen molar-refractivity contribution in [3.63, 3.8) is 0 Å². The van der Waals surface area contributed by atoms with Crippen molar-refractivity contribution in [3.8, 4) is 0 Å². The van der Waals surface area contributed by atoms with Gasteiger partial charge in [-0.05, 0) is 31.0 Å². The van der Waals surface area contributed by atoms with Gasteiger partial charge in [0.25, 0.3) is 0 Å². The van der Waals surface area contributed by atoms with Crippen LogP contribution >= 0.6 is 11.6 Å². The van der Waals surface area contributed by atoms with E-state index in [1.54, 1.807) is 26.0 Å². The number of nitrogens with one attached hydrogen (secondary N) is 2. The van der Waals surface area contributed by atoms with Gasteiger partial charge in [0.15, 0.2) is 0 Å². The van der Waals surface area contributed by atoms with Crippen LogP contribution in [0.1, 0.15) is 11.1 Å². The highest BCUT2D eigenvalue weighted by Gasteiger charge is 2.30. The van der Waals surface area contributed by atoms with Crippen LogP contribution in [0.2, 0.25) is 5.02 Å². The fourth-order valence-corrected chi connectivity index (χ4v) is 1.72. The Labute approximate surface area is 101 Å². The molecule has 0 saturated heterocycles. The van der Waals surface area contributed by atoms with Crippen molar-refractivity contribution in [1.29, 1.82) is 0 Å². The summed E-state index contributed by atoms with van der Waals surface area (Å²) in [5, 5.41) is 3.08. The van der Waals surface area contributed by atoms with Crippen LogP contribution in [0.5, 0.6) is 0 Å². The van der Waals surface area contributed by atoms with E-state index in [2.05, 4.69) is 5.32 Å². The number of hydrogen-bond donors (Lipinski definition) is 2. The van der Waals surface area contributed by atoms with E-state index in [0.29, 0.717) is 5.56 Å². The van der Waals surface area contributed by atoms with Crippen molar-refractivity contribution in [3.05, 3.63) is 28.3 Å². The fraction of sp³-hybridized carbons (Fsp3) is 0.300. The van der Waals surface area contributed by atoms with Crippen molar-refractivity contribution in [2.75, 3.05) is 5.32 Å². The molecule has 0 aromatic heterocycles. The Balaban J connectivity index is 2.86. The van der Waals surface area contributed by atoms with Crippen LogP contribution in [0, 0.1) is 13.8 Å². The second kappa shape index (κ2) is 4.83. The summed E-state index contributed by atoms with van der Waals surface area (Å²) in [6.45, 7) is 3.43. The number of carbonyl (C=O) groups is 1. The lowest BCUT2D eigenvalue weighted by atomic mass is 10.1. The van der Waals surface area contributed by atoms with Gasteiger partial charge in [0, 0.05) is 0 Å². The molecule has 0 aliphatic carbocycles. The molecule has 1 aromatic rings. The summed E-state index contributed by atoms with van der Waals surface area (Å²) < 4.78 is 35.6. The highest BCUT2D eigenvalue weighted by Crippen LogP contribution is 2.27. The largest absolute Gasteiger partial charge is 0.485 e. The van der Waals surface area contributed by atoms with Gasteiger partial charge in [0.1, 0.15) is 0 Å². The molecule has 0 heterocycles. The molecule has 0 atom stereocenters. The molecule has 3 nitrogen and oxygen atoms in total. The molecule has 0 fully saturated rings. The van der Waals surface area contributed by atoms with Crippen LogP contribution in [0.15, 0.2) is 12.1 Å². The van der Waals surface area contributed by atoms with Crippen molar-refractivity contribution >= 4 is 23.3 Å². The highest BCUT2D eigenvalue weighted by molar-refractivity contribution is 6.34. The van der Waals surface area contributed by atoms with E-state index in [0.717, 1.165) is 10.9 Å². The van der Waals surface area contributed by atoms with Crippen molar-refractivity contribution < 1.29 is 18.0 Å². The van der Waals surface area contributed by atoms with Crippen LogP contribution in [0.4, 0.5) is 23.7 Å². The van der Waals surface area contributed by atoms with Crippen molar-refractivity contribution in [2.45, 2.75) is 20.1 Å². The second-order valence-corrected chi connectivity index (χ2v) is 3.92. The number of hydrogen-bond acceptors (Lipinski definition) is 1. The number of halogens is 4. The van der Waals surface area contributed by atoms with Gasteiger partial charge in [-0.2, -0.15) is 13.2 Å². The third-order valence-corrected chi connectivity index (χ3v) is 2.22. The maximum Gasteiger partial charge on any atom is 0.485 e. The van der Waals surface area contributed by atoms with Crippen LogP contribution in [-0.2, 0) is 0 Å². The lowest BCUT2D eigenvalue weighted by molar-refractivity contribution is -0.144. The number of carbonyl (C=O) groups excluding carboxylic acids is 1.